The Hall–Kier alpha value is -1.78. The van der Waals surface area contributed by atoms with E-state index in [1.54, 1.807) is 33.9 Å². The number of carbonyl (C=O) groups excluding carboxylic acids is 1. The van der Waals surface area contributed by atoms with Gasteiger partial charge in [-0.2, -0.15) is 0 Å². The molecule has 0 radical (unpaired) electrons. The molecule has 0 bridgehead atoms. The van der Waals surface area contributed by atoms with Crippen molar-refractivity contribution in [1.29, 1.82) is 0 Å². The summed E-state index contributed by atoms with van der Waals surface area (Å²) in [5.74, 6) is -0.263. The highest BCUT2D eigenvalue weighted by Gasteiger charge is 2.19. The van der Waals surface area contributed by atoms with Crippen molar-refractivity contribution in [3.63, 3.8) is 0 Å². The quantitative estimate of drug-likeness (QED) is 0.845. The molecule has 0 N–H and O–H groups in total. The van der Waals surface area contributed by atoms with E-state index in [1.807, 2.05) is 0 Å². The summed E-state index contributed by atoms with van der Waals surface area (Å²) in [4.78, 5) is 13.2. The minimum absolute atomic E-state index is 0.184. The molecule has 0 saturated heterocycles. The number of rotatable bonds is 3. The van der Waals surface area contributed by atoms with E-state index in [9.17, 15) is 9.18 Å². The van der Waals surface area contributed by atoms with Gasteiger partial charge in [-0.15, -0.1) is 0 Å². The maximum atomic E-state index is 13.5. The summed E-state index contributed by atoms with van der Waals surface area (Å²) in [6.07, 6.45) is -0.441. The summed E-state index contributed by atoms with van der Waals surface area (Å²) in [5, 5.41) is 0. The maximum Gasteiger partial charge on any atom is 0.410 e. The summed E-state index contributed by atoms with van der Waals surface area (Å²) < 4.78 is 23.6. The number of carbonyl (C=O) groups is 1. The summed E-state index contributed by atoms with van der Waals surface area (Å²) >= 11 is 0. The van der Waals surface area contributed by atoms with Gasteiger partial charge in [-0.05, 0) is 38.5 Å². The molecule has 1 rings (SSSR count). The molecule has 0 aliphatic rings. The van der Waals surface area contributed by atoms with E-state index in [0.29, 0.717) is 5.56 Å². The van der Waals surface area contributed by atoms with Gasteiger partial charge in [0.2, 0.25) is 0 Å². The SMILES string of the molecule is COc1ccc(CN(C)C(=O)OC(C)(C)C)cc1F. The molecule has 5 heteroatoms. The summed E-state index contributed by atoms with van der Waals surface area (Å²) in [6.45, 7) is 5.67. The molecule has 0 saturated carbocycles. The Morgan fingerprint density at radius 1 is 1.37 bits per heavy atom. The van der Waals surface area contributed by atoms with Crippen molar-refractivity contribution in [2.45, 2.75) is 32.9 Å². The number of halogens is 1. The molecule has 4 nitrogen and oxygen atoms in total. The van der Waals surface area contributed by atoms with Crippen LogP contribution in [0.5, 0.6) is 5.75 Å². The third kappa shape index (κ3) is 4.77. The molecule has 0 fully saturated rings. The second-order valence-electron chi connectivity index (χ2n) is 5.31. The van der Waals surface area contributed by atoms with Crippen LogP contribution in [-0.2, 0) is 11.3 Å². The number of hydrogen-bond acceptors (Lipinski definition) is 3. The monoisotopic (exact) mass is 269 g/mol. The first-order chi connectivity index (χ1) is 8.73. The fraction of sp³-hybridized carbons (Fsp3) is 0.500. The second kappa shape index (κ2) is 5.91. The van der Waals surface area contributed by atoms with Gasteiger partial charge in [0.1, 0.15) is 5.60 Å². The molecule has 106 valence electrons. The van der Waals surface area contributed by atoms with Gasteiger partial charge in [0.05, 0.1) is 7.11 Å². The third-order valence-electron chi connectivity index (χ3n) is 2.34. The smallest absolute Gasteiger partial charge is 0.410 e. The van der Waals surface area contributed by atoms with Gasteiger partial charge >= 0.3 is 6.09 Å². The average molecular weight is 269 g/mol. The third-order valence-corrected chi connectivity index (χ3v) is 2.34. The second-order valence-corrected chi connectivity index (χ2v) is 5.31. The summed E-state index contributed by atoms with van der Waals surface area (Å²) in [7, 11) is 3.01. The first kappa shape index (κ1) is 15.3. The van der Waals surface area contributed by atoms with Crippen LogP contribution in [0.3, 0.4) is 0 Å². The fourth-order valence-corrected chi connectivity index (χ4v) is 1.49. The molecule has 0 aromatic heterocycles. The molecule has 0 heterocycles. The lowest BCUT2D eigenvalue weighted by Crippen LogP contribution is -2.33. The molecule has 0 aliphatic carbocycles. The van der Waals surface area contributed by atoms with Crippen LogP contribution in [0.2, 0.25) is 0 Å². The topological polar surface area (TPSA) is 38.8 Å². The van der Waals surface area contributed by atoms with Gasteiger partial charge in [-0.25, -0.2) is 9.18 Å². The highest BCUT2D eigenvalue weighted by Crippen LogP contribution is 2.19. The minimum atomic E-state index is -0.545. The van der Waals surface area contributed by atoms with E-state index in [1.165, 1.54) is 24.1 Å². The predicted octanol–water partition coefficient (Wildman–Crippen LogP) is 3.20. The lowest BCUT2D eigenvalue weighted by molar-refractivity contribution is 0.0285. The Labute approximate surface area is 113 Å². The van der Waals surface area contributed by atoms with Crippen LogP contribution in [0.25, 0.3) is 0 Å². The summed E-state index contributed by atoms with van der Waals surface area (Å²) in [5.41, 5.74) is 0.128. The number of amides is 1. The van der Waals surface area contributed by atoms with E-state index >= 15 is 0 Å². The van der Waals surface area contributed by atoms with Crippen LogP contribution in [0.4, 0.5) is 9.18 Å². The molecular formula is C14H20FNO3. The maximum absolute atomic E-state index is 13.5. The predicted molar refractivity (Wildman–Crippen MR) is 70.7 cm³/mol. The van der Waals surface area contributed by atoms with Crippen LogP contribution in [0, 0.1) is 5.82 Å². The van der Waals surface area contributed by atoms with Crippen molar-refractivity contribution >= 4 is 6.09 Å². The molecule has 1 aromatic carbocycles. The lowest BCUT2D eigenvalue weighted by Gasteiger charge is -2.24. The molecule has 0 unspecified atom stereocenters. The zero-order valence-electron chi connectivity index (χ0n) is 12.0. The first-order valence-electron chi connectivity index (χ1n) is 5.99. The average Bonchev–Trinajstić information content (AvgIpc) is 2.27. The highest BCUT2D eigenvalue weighted by atomic mass is 19.1. The zero-order valence-corrected chi connectivity index (χ0v) is 12.0. The Balaban J connectivity index is 2.69. The minimum Gasteiger partial charge on any atom is -0.494 e. The molecule has 1 aromatic rings. The largest absolute Gasteiger partial charge is 0.494 e. The van der Waals surface area contributed by atoms with Crippen molar-refractivity contribution in [3.05, 3.63) is 29.6 Å². The number of ether oxygens (including phenoxy) is 2. The van der Waals surface area contributed by atoms with E-state index in [4.69, 9.17) is 9.47 Å². The number of methoxy groups -OCH3 is 1. The van der Waals surface area contributed by atoms with Gasteiger partial charge in [0.25, 0.3) is 0 Å². The van der Waals surface area contributed by atoms with E-state index in [-0.39, 0.29) is 12.3 Å². The van der Waals surface area contributed by atoms with Crippen LogP contribution in [0.1, 0.15) is 26.3 Å². The van der Waals surface area contributed by atoms with Gasteiger partial charge in [0.15, 0.2) is 11.6 Å². The fourth-order valence-electron chi connectivity index (χ4n) is 1.49. The molecule has 19 heavy (non-hydrogen) atoms. The first-order valence-corrected chi connectivity index (χ1v) is 5.99. The van der Waals surface area contributed by atoms with Crippen LogP contribution in [-0.4, -0.2) is 30.8 Å². The lowest BCUT2D eigenvalue weighted by atomic mass is 10.2. The summed E-state index contributed by atoms with van der Waals surface area (Å²) in [6, 6.07) is 4.59. The van der Waals surface area contributed by atoms with Gasteiger partial charge in [-0.1, -0.05) is 6.07 Å². The van der Waals surface area contributed by atoms with Crippen molar-refractivity contribution in [1.82, 2.24) is 4.90 Å². The highest BCUT2D eigenvalue weighted by molar-refractivity contribution is 5.67. The number of benzene rings is 1. The standard InChI is InChI=1S/C14H20FNO3/c1-14(2,3)19-13(17)16(4)9-10-6-7-12(18-5)11(15)8-10/h6-8H,9H2,1-5H3. The van der Waals surface area contributed by atoms with E-state index in [2.05, 4.69) is 0 Å². The van der Waals surface area contributed by atoms with Crippen molar-refractivity contribution < 1.29 is 18.7 Å². The van der Waals surface area contributed by atoms with Crippen molar-refractivity contribution in [3.8, 4) is 5.75 Å². The molecule has 0 atom stereocenters. The van der Waals surface area contributed by atoms with E-state index in [0.717, 1.165) is 0 Å². The van der Waals surface area contributed by atoms with Gasteiger partial charge in [-0.3, -0.25) is 0 Å². The van der Waals surface area contributed by atoms with Crippen LogP contribution < -0.4 is 4.74 Å². The van der Waals surface area contributed by atoms with Gasteiger partial charge < -0.3 is 14.4 Å². The Kier molecular flexibility index (Phi) is 4.75. The van der Waals surface area contributed by atoms with E-state index < -0.39 is 17.5 Å². The van der Waals surface area contributed by atoms with Crippen molar-refractivity contribution in [2.75, 3.05) is 14.2 Å². The number of hydrogen-bond donors (Lipinski definition) is 0. The number of nitrogens with zero attached hydrogens (tertiary/aromatic N) is 1. The molecule has 0 spiro atoms. The molecular weight excluding hydrogens is 249 g/mol. The van der Waals surface area contributed by atoms with Crippen molar-refractivity contribution in [2.24, 2.45) is 0 Å². The Morgan fingerprint density at radius 3 is 2.47 bits per heavy atom. The molecule has 1 amide bonds. The zero-order chi connectivity index (χ0) is 14.6. The van der Waals surface area contributed by atoms with Gasteiger partial charge in [0, 0.05) is 13.6 Å². The molecule has 0 aliphatic heterocycles. The Morgan fingerprint density at radius 2 is 2.00 bits per heavy atom. The normalized spacial score (nSPS) is 11.1. The Bertz CT molecular complexity index is 454. The van der Waals surface area contributed by atoms with Crippen LogP contribution >= 0.6 is 0 Å². The van der Waals surface area contributed by atoms with Crippen LogP contribution in [0.15, 0.2) is 18.2 Å².